The molecule has 0 fully saturated rings. The predicted octanol–water partition coefficient (Wildman–Crippen LogP) is 5.51. The Hall–Kier alpha value is -2.19. The Labute approximate surface area is 155 Å². The number of hydrogen-bond donors (Lipinski definition) is 0. The molecule has 4 heteroatoms. The highest BCUT2D eigenvalue weighted by Gasteiger charge is 2.43. The normalized spacial score (nSPS) is 12.1. The number of benzene rings is 3. The third kappa shape index (κ3) is 3.52. The second-order valence-corrected chi connectivity index (χ2v) is 8.41. The zero-order valence-corrected chi connectivity index (χ0v) is 15.9. The van der Waals surface area contributed by atoms with E-state index in [1.54, 1.807) is 0 Å². The molecule has 3 nitrogen and oxygen atoms in total. The first-order valence-corrected chi connectivity index (χ1v) is 10.2. The molecule has 3 rings (SSSR count). The second kappa shape index (κ2) is 8.01. The van der Waals surface area contributed by atoms with Gasteiger partial charge >= 0.3 is 7.60 Å². The van der Waals surface area contributed by atoms with E-state index in [1.807, 2.05) is 54.6 Å². The van der Waals surface area contributed by atoms with Gasteiger partial charge in [-0.1, -0.05) is 91.0 Å². The Morgan fingerprint density at radius 2 is 0.962 bits per heavy atom. The topological polar surface area (TPSA) is 35.5 Å². The summed E-state index contributed by atoms with van der Waals surface area (Å²) in [7, 11) is -0.418. The number of hydrogen-bond acceptors (Lipinski definition) is 3. The van der Waals surface area contributed by atoms with Crippen LogP contribution in [0.2, 0.25) is 0 Å². The summed E-state index contributed by atoms with van der Waals surface area (Å²) in [6.07, 6.45) is 0.213. The molecule has 0 unspecified atom stereocenters. The molecular formula is C22H23O3P. The average Bonchev–Trinajstić information content (AvgIpc) is 2.74. The van der Waals surface area contributed by atoms with Gasteiger partial charge in [0, 0.05) is 14.2 Å². The lowest BCUT2D eigenvalue weighted by Crippen LogP contribution is -2.34. The fourth-order valence-corrected chi connectivity index (χ4v) is 4.97. The van der Waals surface area contributed by atoms with Gasteiger partial charge in [0.15, 0.2) is 0 Å². The monoisotopic (exact) mass is 366 g/mol. The van der Waals surface area contributed by atoms with Crippen molar-refractivity contribution >= 4 is 7.60 Å². The summed E-state index contributed by atoms with van der Waals surface area (Å²) in [5, 5.41) is 0. The van der Waals surface area contributed by atoms with Crippen LogP contribution in [0.25, 0.3) is 0 Å². The molecule has 0 aliphatic heterocycles. The largest absolute Gasteiger partial charge is 0.331 e. The fraction of sp³-hybridized carbons (Fsp3) is 0.182. The Morgan fingerprint density at radius 1 is 0.654 bits per heavy atom. The zero-order valence-electron chi connectivity index (χ0n) is 15.0. The number of rotatable bonds is 7. The van der Waals surface area contributed by atoms with Crippen LogP contribution in [-0.2, 0) is 19.0 Å². The van der Waals surface area contributed by atoms with Crippen LogP contribution >= 0.6 is 7.60 Å². The molecule has 0 amide bonds. The van der Waals surface area contributed by atoms with Crippen molar-refractivity contribution < 1.29 is 13.6 Å². The molecule has 26 heavy (non-hydrogen) atoms. The summed E-state index contributed by atoms with van der Waals surface area (Å²) >= 11 is 0. The zero-order chi connectivity index (χ0) is 18.5. The Morgan fingerprint density at radius 3 is 1.23 bits per heavy atom. The molecule has 0 N–H and O–H groups in total. The van der Waals surface area contributed by atoms with Crippen molar-refractivity contribution in [3.8, 4) is 0 Å². The quantitative estimate of drug-likeness (QED) is 0.409. The molecule has 0 aliphatic rings. The van der Waals surface area contributed by atoms with E-state index in [0.717, 1.165) is 16.7 Å². The first-order valence-electron chi connectivity index (χ1n) is 8.52. The fourth-order valence-electron chi connectivity index (χ4n) is 3.44. The minimum atomic E-state index is -3.30. The van der Waals surface area contributed by atoms with Gasteiger partial charge in [0.2, 0.25) is 0 Å². The van der Waals surface area contributed by atoms with E-state index in [-0.39, 0.29) is 6.16 Å². The minimum absolute atomic E-state index is 0.213. The van der Waals surface area contributed by atoms with Crippen molar-refractivity contribution in [1.82, 2.24) is 0 Å². The summed E-state index contributed by atoms with van der Waals surface area (Å²) in [5.41, 5.74) is 2.50. The van der Waals surface area contributed by atoms with Crippen LogP contribution in [0.4, 0.5) is 0 Å². The van der Waals surface area contributed by atoms with Gasteiger partial charge in [-0.25, -0.2) is 0 Å². The van der Waals surface area contributed by atoms with Gasteiger partial charge in [-0.2, -0.15) is 0 Å². The Bertz CT molecular complexity index is 759. The lowest BCUT2D eigenvalue weighted by Gasteiger charge is -2.37. The van der Waals surface area contributed by atoms with Crippen molar-refractivity contribution in [2.45, 2.75) is 5.41 Å². The molecule has 0 heterocycles. The first kappa shape index (κ1) is 18.6. The van der Waals surface area contributed by atoms with Crippen molar-refractivity contribution in [1.29, 1.82) is 0 Å². The first-order chi connectivity index (χ1) is 12.6. The molecule has 0 aliphatic carbocycles. The maximum atomic E-state index is 13.2. The predicted molar refractivity (Wildman–Crippen MR) is 106 cm³/mol. The van der Waals surface area contributed by atoms with Crippen LogP contribution in [0.5, 0.6) is 0 Å². The van der Waals surface area contributed by atoms with E-state index < -0.39 is 13.0 Å². The standard InChI is InChI=1S/C22H23O3P/c1-24-26(23,25-2)18-22(19-12-6-3-7-13-19,20-14-8-4-9-15-20)21-16-10-5-11-17-21/h3-17H,18H2,1-2H3. The van der Waals surface area contributed by atoms with E-state index >= 15 is 0 Å². The van der Waals surface area contributed by atoms with Gasteiger partial charge in [0.1, 0.15) is 0 Å². The van der Waals surface area contributed by atoms with Crippen LogP contribution < -0.4 is 0 Å². The van der Waals surface area contributed by atoms with Crippen molar-refractivity contribution in [2.24, 2.45) is 0 Å². The average molecular weight is 366 g/mol. The highest BCUT2D eigenvalue weighted by molar-refractivity contribution is 7.53. The van der Waals surface area contributed by atoms with Crippen LogP contribution in [-0.4, -0.2) is 20.4 Å². The summed E-state index contributed by atoms with van der Waals surface area (Å²) in [4.78, 5) is 0. The van der Waals surface area contributed by atoms with E-state index in [4.69, 9.17) is 9.05 Å². The van der Waals surface area contributed by atoms with E-state index in [1.165, 1.54) is 14.2 Å². The summed E-state index contributed by atoms with van der Waals surface area (Å²) in [6.45, 7) is 0. The van der Waals surface area contributed by atoms with E-state index in [2.05, 4.69) is 36.4 Å². The lowest BCUT2D eigenvalue weighted by atomic mass is 9.71. The van der Waals surface area contributed by atoms with Gasteiger partial charge < -0.3 is 9.05 Å². The van der Waals surface area contributed by atoms with Crippen LogP contribution in [0.15, 0.2) is 91.0 Å². The van der Waals surface area contributed by atoms with Crippen LogP contribution in [0.1, 0.15) is 16.7 Å². The SMILES string of the molecule is COP(=O)(CC(c1ccccc1)(c1ccccc1)c1ccccc1)OC. The van der Waals surface area contributed by atoms with E-state index in [9.17, 15) is 4.57 Å². The van der Waals surface area contributed by atoms with Crippen molar-refractivity contribution in [3.05, 3.63) is 108 Å². The Balaban J connectivity index is 2.33. The van der Waals surface area contributed by atoms with Crippen LogP contribution in [0, 0.1) is 0 Å². The summed E-state index contributed by atoms with van der Waals surface area (Å²) in [5.74, 6) is 0. The van der Waals surface area contributed by atoms with Crippen LogP contribution in [0.3, 0.4) is 0 Å². The van der Waals surface area contributed by atoms with Gasteiger partial charge in [0.25, 0.3) is 0 Å². The van der Waals surface area contributed by atoms with Gasteiger partial charge in [0.05, 0.1) is 11.6 Å². The molecule has 0 saturated heterocycles. The summed E-state index contributed by atoms with van der Waals surface area (Å²) < 4.78 is 23.9. The summed E-state index contributed by atoms with van der Waals surface area (Å²) in [6, 6.07) is 30.3. The van der Waals surface area contributed by atoms with Gasteiger partial charge in [-0.05, 0) is 16.7 Å². The minimum Gasteiger partial charge on any atom is -0.312 e. The second-order valence-electron chi connectivity index (χ2n) is 6.14. The smallest absolute Gasteiger partial charge is 0.312 e. The molecule has 0 atom stereocenters. The molecule has 3 aromatic rings. The van der Waals surface area contributed by atoms with Crippen molar-refractivity contribution in [3.63, 3.8) is 0 Å². The third-order valence-corrected chi connectivity index (χ3v) is 6.76. The highest BCUT2D eigenvalue weighted by atomic mass is 31.2. The maximum absolute atomic E-state index is 13.2. The highest BCUT2D eigenvalue weighted by Crippen LogP contribution is 2.55. The molecule has 0 bridgehead atoms. The molecule has 0 spiro atoms. The Kier molecular flexibility index (Phi) is 5.73. The maximum Gasteiger partial charge on any atom is 0.331 e. The molecule has 0 radical (unpaired) electrons. The van der Waals surface area contributed by atoms with Gasteiger partial charge in [-0.3, -0.25) is 4.57 Å². The third-order valence-electron chi connectivity index (χ3n) is 4.79. The van der Waals surface area contributed by atoms with Gasteiger partial charge in [-0.15, -0.1) is 0 Å². The van der Waals surface area contributed by atoms with E-state index in [0.29, 0.717) is 0 Å². The molecule has 0 saturated carbocycles. The molecule has 134 valence electrons. The molecule has 0 aromatic heterocycles. The molecular weight excluding hydrogens is 343 g/mol. The lowest BCUT2D eigenvalue weighted by molar-refractivity contribution is 0.271. The molecule has 3 aromatic carbocycles. The van der Waals surface area contributed by atoms with Crippen molar-refractivity contribution in [2.75, 3.05) is 20.4 Å².